The summed E-state index contributed by atoms with van der Waals surface area (Å²) in [6.45, 7) is 2.35. The average Bonchev–Trinajstić information content (AvgIpc) is 2.28. The molecule has 3 N–H and O–H groups in total. The van der Waals surface area contributed by atoms with Crippen molar-refractivity contribution >= 4 is 5.91 Å². The molecule has 3 nitrogen and oxygen atoms in total. The molecule has 5 heteroatoms. The molecule has 0 radical (unpaired) electrons. The summed E-state index contributed by atoms with van der Waals surface area (Å²) in [6, 6.07) is 2.80. The number of amides is 1. The van der Waals surface area contributed by atoms with Crippen LogP contribution in [0.1, 0.15) is 30.1 Å². The van der Waals surface area contributed by atoms with Crippen molar-refractivity contribution in [3.05, 3.63) is 35.4 Å². The van der Waals surface area contributed by atoms with Gasteiger partial charge in [0, 0.05) is 12.1 Å². The molecule has 0 aliphatic heterocycles. The summed E-state index contributed by atoms with van der Waals surface area (Å²) in [7, 11) is 0. The predicted octanol–water partition coefficient (Wildman–Crippen LogP) is 1.82. The molecule has 0 saturated carbocycles. The van der Waals surface area contributed by atoms with E-state index < -0.39 is 17.5 Å². The highest BCUT2D eigenvalue weighted by molar-refractivity contribution is 5.94. The highest BCUT2D eigenvalue weighted by atomic mass is 19.1. The van der Waals surface area contributed by atoms with E-state index in [-0.39, 0.29) is 11.6 Å². The molecule has 0 aliphatic carbocycles. The Kier molecular flexibility index (Phi) is 5.03. The highest BCUT2D eigenvalue weighted by Crippen LogP contribution is 2.10. The Hall–Kier alpha value is -1.49. The summed E-state index contributed by atoms with van der Waals surface area (Å²) >= 11 is 0. The number of halogens is 2. The topological polar surface area (TPSA) is 55.1 Å². The molecule has 0 saturated heterocycles. The van der Waals surface area contributed by atoms with Gasteiger partial charge < -0.3 is 11.1 Å². The lowest BCUT2D eigenvalue weighted by atomic mass is 10.1. The Balaban J connectivity index is 2.75. The Bertz CT molecular complexity index is 396. The molecule has 1 aromatic rings. The first-order valence-electron chi connectivity index (χ1n) is 5.54. The standard InChI is InChI=1S/C12H16F2N2O/c1-2-9(5-6-15)16-12(17)10-4-3-8(13)7-11(10)14/h3-4,7,9H,2,5-6,15H2,1H3,(H,16,17). The summed E-state index contributed by atoms with van der Waals surface area (Å²) in [4.78, 5) is 11.7. The van der Waals surface area contributed by atoms with Gasteiger partial charge in [-0.3, -0.25) is 4.79 Å². The molecule has 0 fully saturated rings. The molecule has 1 amide bonds. The maximum atomic E-state index is 13.3. The van der Waals surface area contributed by atoms with E-state index >= 15 is 0 Å². The van der Waals surface area contributed by atoms with E-state index in [9.17, 15) is 13.6 Å². The van der Waals surface area contributed by atoms with Gasteiger partial charge >= 0.3 is 0 Å². The first-order valence-corrected chi connectivity index (χ1v) is 5.54. The maximum Gasteiger partial charge on any atom is 0.254 e. The van der Waals surface area contributed by atoms with E-state index in [0.717, 1.165) is 12.1 Å². The van der Waals surface area contributed by atoms with Gasteiger partial charge in [-0.1, -0.05) is 6.92 Å². The Labute approximate surface area is 99.0 Å². The Morgan fingerprint density at radius 1 is 1.47 bits per heavy atom. The van der Waals surface area contributed by atoms with Crippen molar-refractivity contribution in [2.45, 2.75) is 25.8 Å². The van der Waals surface area contributed by atoms with Crippen molar-refractivity contribution in [1.82, 2.24) is 5.32 Å². The van der Waals surface area contributed by atoms with Gasteiger partial charge in [0.15, 0.2) is 0 Å². The lowest BCUT2D eigenvalue weighted by Gasteiger charge is -2.16. The fourth-order valence-corrected chi connectivity index (χ4v) is 1.52. The second-order valence-corrected chi connectivity index (χ2v) is 3.78. The zero-order valence-electron chi connectivity index (χ0n) is 9.67. The summed E-state index contributed by atoms with van der Waals surface area (Å²) in [5.74, 6) is -2.10. The van der Waals surface area contributed by atoms with Crippen LogP contribution < -0.4 is 11.1 Å². The molecular formula is C12H16F2N2O. The molecule has 0 spiro atoms. The molecule has 0 bridgehead atoms. The fourth-order valence-electron chi connectivity index (χ4n) is 1.52. The molecule has 1 rings (SSSR count). The second-order valence-electron chi connectivity index (χ2n) is 3.78. The number of hydrogen-bond donors (Lipinski definition) is 2. The third kappa shape index (κ3) is 3.78. The van der Waals surface area contributed by atoms with E-state index in [4.69, 9.17) is 5.73 Å². The molecule has 17 heavy (non-hydrogen) atoms. The molecule has 1 aromatic carbocycles. The number of hydrogen-bond acceptors (Lipinski definition) is 2. The predicted molar refractivity (Wildman–Crippen MR) is 61.6 cm³/mol. The minimum atomic E-state index is -0.856. The zero-order chi connectivity index (χ0) is 12.8. The molecular weight excluding hydrogens is 226 g/mol. The molecule has 0 heterocycles. The van der Waals surface area contributed by atoms with Crippen LogP contribution in [0.3, 0.4) is 0 Å². The van der Waals surface area contributed by atoms with Gasteiger partial charge in [-0.25, -0.2) is 8.78 Å². The van der Waals surface area contributed by atoms with E-state index in [0.29, 0.717) is 25.5 Å². The van der Waals surface area contributed by atoms with Crippen LogP contribution in [-0.4, -0.2) is 18.5 Å². The largest absolute Gasteiger partial charge is 0.349 e. The lowest BCUT2D eigenvalue weighted by Crippen LogP contribution is -2.36. The third-order valence-electron chi connectivity index (χ3n) is 2.52. The number of rotatable bonds is 5. The third-order valence-corrected chi connectivity index (χ3v) is 2.52. The van der Waals surface area contributed by atoms with Gasteiger partial charge in [0.1, 0.15) is 11.6 Å². The van der Waals surface area contributed by atoms with Gasteiger partial charge in [-0.05, 0) is 31.5 Å². The first-order chi connectivity index (χ1) is 8.08. The van der Waals surface area contributed by atoms with E-state index in [1.807, 2.05) is 6.92 Å². The first kappa shape index (κ1) is 13.6. The van der Waals surface area contributed by atoms with E-state index in [1.165, 1.54) is 0 Å². The SMILES string of the molecule is CCC(CCN)NC(=O)c1ccc(F)cc1F. The summed E-state index contributed by atoms with van der Waals surface area (Å²) in [5, 5.41) is 2.66. The van der Waals surface area contributed by atoms with Crippen LogP contribution in [-0.2, 0) is 0 Å². The van der Waals surface area contributed by atoms with Crippen LogP contribution in [0, 0.1) is 11.6 Å². The van der Waals surface area contributed by atoms with Crippen LogP contribution in [0.15, 0.2) is 18.2 Å². The van der Waals surface area contributed by atoms with Gasteiger partial charge in [-0.2, -0.15) is 0 Å². The Morgan fingerprint density at radius 2 is 2.18 bits per heavy atom. The smallest absolute Gasteiger partial charge is 0.254 e. The zero-order valence-corrected chi connectivity index (χ0v) is 9.67. The van der Waals surface area contributed by atoms with Crippen molar-refractivity contribution in [1.29, 1.82) is 0 Å². The van der Waals surface area contributed by atoms with Crippen molar-refractivity contribution < 1.29 is 13.6 Å². The van der Waals surface area contributed by atoms with Crippen LogP contribution in [0.5, 0.6) is 0 Å². The molecule has 94 valence electrons. The van der Waals surface area contributed by atoms with E-state index in [2.05, 4.69) is 5.32 Å². The number of nitrogens with two attached hydrogens (primary N) is 1. The summed E-state index contributed by atoms with van der Waals surface area (Å²) in [5.41, 5.74) is 5.24. The Morgan fingerprint density at radius 3 is 2.71 bits per heavy atom. The van der Waals surface area contributed by atoms with Crippen LogP contribution in [0.2, 0.25) is 0 Å². The minimum Gasteiger partial charge on any atom is -0.349 e. The minimum absolute atomic E-state index is 0.0862. The summed E-state index contributed by atoms with van der Waals surface area (Å²) in [6.07, 6.45) is 1.34. The highest BCUT2D eigenvalue weighted by Gasteiger charge is 2.15. The van der Waals surface area contributed by atoms with Crippen molar-refractivity contribution in [3.8, 4) is 0 Å². The van der Waals surface area contributed by atoms with Gasteiger partial charge in [0.25, 0.3) is 5.91 Å². The molecule has 1 unspecified atom stereocenters. The number of nitrogens with one attached hydrogen (secondary N) is 1. The number of carbonyl (C=O) groups excluding carboxylic acids is 1. The van der Waals surface area contributed by atoms with Crippen LogP contribution in [0.4, 0.5) is 8.78 Å². The van der Waals surface area contributed by atoms with Crippen molar-refractivity contribution in [2.24, 2.45) is 5.73 Å². The number of benzene rings is 1. The van der Waals surface area contributed by atoms with Crippen molar-refractivity contribution in [2.75, 3.05) is 6.54 Å². The number of carbonyl (C=O) groups is 1. The lowest BCUT2D eigenvalue weighted by molar-refractivity contribution is 0.0930. The van der Waals surface area contributed by atoms with Gasteiger partial charge in [-0.15, -0.1) is 0 Å². The maximum absolute atomic E-state index is 13.3. The summed E-state index contributed by atoms with van der Waals surface area (Å²) < 4.78 is 26.0. The second kappa shape index (κ2) is 6.30. The van der Waals surface area contributed by atoms with Crippen molar-refractivity contribution in [3.63, 3.8) is 0 Å². The van der Waals surface area contributed by atoms with E-state index in [1.54, 1.807) is 0 Å². The quantitative estimate of drug-likeness (QED) is 0.827. The van der Waals surface area contributed by atoms with Crippen LogP contribution >= 0.6 is 0 Å². The fraction of sp³-hybridized carbons (Fsp3) is 0.417. The van der Waals surface area contributed by atoms with Gasteiger partial charge in [0.2, 0.25) is 0 Å². The van der Waals surface area contributed by atoms with Gasteiger partial charge in [0.05, 0.1) is 5.56 Å². The van der Waals surface area contributed by atoms with Crippen LogP contribution in [0.25, 0.3) is 0 Å². The molecule has 0 aromatic heterocycles. The molecule has 0 aliphatic rings. The monoisotopic (exact) mass is 242 g/mol. The normalized spacial score (nSPS) is 12.2. The molecule has 1 atom stereocenters. The average molecular weight is 242 g/mol.